The van der Waals surface area contributed by atoms with Crippen LogP contribution in [0.2, 0.25) is 0 Å². The van der Waals surface area contributed by atoms with E-state index in [1.807, 2.05) is 25.1 Å². The Labute approximate surface area is 147 Å². The Kier molecular flexibility index (Phi) is 8.32. The van der Waals surface area contributed by atoms with Crippen LogP contribution >= 0.6 is 12.4 Å². The number of rotatable bonds is 8. The second-order valence-corrected chi connectivity index (χ2v) is 5.14. The zero-order chi connectivity index (χ0) is 16.7. The lowest BCUT2D eigenvalue weighted by Gasteiger charge is -2.12. The first-order valence-corrected chi connectivity index (χ1v) is 7.41. The van der Waals surface area contributed by atoms with Crippen molar-refractivity contribution >= 4 is 18.3 Å². The van der Waals surface area contributed by atoms with Crippen molar-refractivity contribution in [1.29, 1.82) is 0 Å². The molecule has 7 heteroatoms. The Morgan fingerprint density at radius 1 is 1.29 bits per heavy atom. The highest BCUT2D eigenvalue weighted by atomic mass is 35.5. The smallest absolute Gasteiger partial charge is 0.254 e. The average molecular weight is 355 g/mol. The summed E-state index contributed by atoms with van der Waals surface area (Å²) in [7, 11) is 1.63. The molecule has 0 radical (unpaired) electrons. The average Bonchev–Trinajstić information content (AvgIpc) is 3.03. The van der Waals surface area contributed by atoms with Gasteiger partial charge in [0.2, 0.25) is 0 Å². The molecule has 0 aliphatic heterocycles. The van der Waals surface area contributed by atoms with Crippen molar-refractivity contribution in [2.24, 2.45) is 5.73 Å². The number of methoxy groups -OCH3 is 1. The summed E-state index contributed by atoms with van der Waals surface area (Å²) >= 11 is 0. The fraction of sp³-hybridized carbons (Fsp3) is 0.353. The number of amides is 1. The van der Waals surface area contributed by atoms with Crippen LogP contribution in [0.15, 0.2) is 34.9 Å². The largest absolute Gasteiger partial charge is 0.491 e. The summed E-state index contributed by atoms with van der Waals surface area (Å²) in [6, 6.07) is 7.51. The van der Waals surface area contributed by atoms with Crippen LogP contribution in [0.4, 0.5) is 0 Å². The Morgan fingerprint density at radius 3 is 2.75 bits per heavy atom. The van der Waals surface area contributed by atoms with Gasteiger partial charge < -0.3 is 24.9 Å². The van der Waals surface area contributed by atoms with E-state index in [-0.39, 0.29) is 24.9 Å². The predicted octanol–water partition coefficient (Wildman–Crippen LogP) is 2.42. The molecular weight excluding hydrogens is 332 g/mol. The fourth-order valence-corrected chi connectivity index (χ4v) is 2.06. The number of nitrogens with two attached hydrogens (primary N) is 1. The van der Waals surface area contributed by atoms with Crippen molar-refractivity contribution in [3.63, 3.8) is 0 Å². The van der Waals surface area contributed by atoms with E-state index in [1.54, 1.807) is 13.2 Å². The molecule has 6 nitrogen and oxygen atoms in total. The molecule has 3 N–H and O–H groups in total. The number of hydrogen-bond acceptors (Lipinski definition) is 5. The maximum absolute atomic E-state index is 12.1. The zero-order valence-electron chi connectivity index (χ0n) is 13.8. The number of hydrogen-bond donors (Lipinski definition) is 2. The van der Waals surface area contributed by atoms with E-state index in [9.17, 15) is 4.79 Å². The third-order valence-electron chi connectivity index (χ3n) is 3.32. The van der Waals surface area contributed by atoms with Gasteiger partial charge >= 0.3 is 0 Å². The molecule has 2 rings (SSSR count). The van der Waals surface area contributed by atoms with Gasteiger partial charge in [0.05, 0.1) is 18.7 Å². The van der Waals surface area contributed by atoms with Crippen molar-refractivity contribution in [1.82, 2.24) is 5.32 Å². The van der Waals surface area contributed by atoms with Crippen LogP contribution < -0.4 is 15.8 Å². The molecule has 0 bridgehead atoms. The Hall–Kier alpha value is -2.02. The van der Waals surface area contributed by atoms with E-state index in [4.69, 9.17) is 19.6 Å². The van der Waals surface area contributed by atoms with Crippen molar-refractivity contribution in [2.45, 2.75) is 20.0 Å². The lowest BCUT2D eigenvalue weighted by atomic mass is 10.1. The van der Waals surface area contributed by atoms with Gasteiger partial charge in [-0.3, -0.25) is 4.79 Å². The predicted molar refractivity (Wildman–Crippen MR) is 93.6 cm³/mol. The molecule has 1 aromatic carbocycles. The van der Waals surface area contributed by atoms with Gasteiger partial charge in [-0.2, -0.15) is 0 Å². The number of benzene rings is 1. The van der Waals surface area contributed by atoms with Gasteiger partial charge in [-0.1, -0.05) is 12.1 Å². The standard InChI is InChI=1S/C17H22N2O4.ClH/c1-12-3-4-13(16(7-12)22-6-5-21-2)10-19-17(20)14-8-15(9-18)23-11-14;/h3-4,7-8,11H,5-6,9-10,18H2,1-2H3,(H,19,20);1H. The highest BCUT2D eigenvalue weighted by Gasteiger charge is 2.11. The Morgan fingerprint density at radius 2 is 2.08 bits per heavy atom. The van der Waals surface area contributed by atoms with Crippen LogP contribution in [0.25, 0.3) is 0 Å². The number of aryl methyl sites for hydroxylation is 1. The quantitative estimate of drug-likeness (QED) is 0.711. The minimum Gasteiger partial charge on any atom is -0.491 e. The van der Waals surface area contributed by atoms with Crippen LogP contribution in [0, 0.1) is 6.92 Å². The molecule has 0 aliphatic rings. The Bertz CT molecular complexity index is 658. The number of ether oxygens (including phenoxy) is 2. The molecule has 24 heavy (non-hydrogen) atoms. The fourth-order valence-electron chi connectivity index (χ4n) is 2.06. The van der Waals surface area contributed by atoms with E-state index in [1.165, 1.54) is 6.26 Å². The van der Waals surface area contributed by atoms with Gasteiger partial charge in [-0.05, 0) is 24.6 Å². The normalized spacial score (nSPS) is 10.1. The lowest BCUT2D eigenvalue weighted by Crippen LogP contribution is -2.22. The summed E-state index contributed by atoms with van der Waals surface area (Å²) in [6.07, 6.45) is 1.41. The molecule has 2 aromatic rings. The third-order valence-corrected chi connectivity index (χ3v) is 3.32. The molecule has 132 valence electrons. The van der Waals surface area contributed by atoms with E-state index in [0.717, 1.165) is 16.9 Å². The van der Waals surface area contributed by atoms with Gasteiger partial charge in [0.15, 0.2) is 0 Å². The molecule has 0 fully saturated rings. The van der Waals surface area contributed by atoms with Crippen molar-refractivity contribution < 1.29 is 18.7 Å². The molecule has 0 saturated heterocycles. The summed E-state index contributed by atoms with van der Waals surface area (Å²) in [5.41, 5.74) is 7.92. The van der Waals surface area contributed by atoms with Gasteiger partial charge in [0.25, 0.3) is 5.91 Å². The maximum atomic E-state index is 12.1. The van der Waals surface area contributed by atoms with Crippen molar-refractivity contribution in [2.75, 3.05) is 20.3 Å². The molecule has 1 aromatic heterocycles. The molecular formula is C17H23ClN2O4. The van der Waals surface area contributed by atoms with Crippen LogP contribution in [-0.4, -0.2) is 26.2 Å². The molecule has 0 saturated carbocycles. The summed E-state index contributed by atoms with van der Waals surface area (Å²) < 4.78 is 15.9. The molecule has 0 spiro atoms. The molecule has 1 heterocycles. The summed E-state index contributed by atoms with van der Waals surface area (Å²) in [4.78, 5) is 12.1. The van der Waals surface area contributed by atoms with Gasteiger partial charge in [-0.15, -0.1) is 12.4 Å². The van der Waals surface area contributed by atoms with E-state index < -0.39 is 0 Å². The first-order valence-electron chi connectivity index (χ1n) is 7.41. The topological polar surface area (TPSA) is 86.7 Å². The van der Waals surface area contributed by atoms with Gasteiger partial charge in [0.1, 0.15) is 24.4 Å². The van der Waals surface area contributed by atoms with E-state index in [2.05, 4.69) is 5.32 Å². The van der Waals surface area contributed by atoms with Gasteiger partial charge in [-0.25, -0.2) is 0 Å². The van der Waals surface area contributed by atoms with Crippen molar-refractivity contribution in [3.05, 3.63) is 53.0 Å². The summed E-state index contributed by atoms with van der Waals surface area (Å²) in [5, 5.41) is 2.85. The number of nitrogens with one attached hydrogen (secondary N) is 1. The lowest BCUT2D eigenvalue weighted by molar-refractivity contribution is 0.0949. The van der Waals surface area contributed by atoms with Crippen LogP contribution in [0.3, 0.4) is 0 Å². The van der Waals surface area contributed by atoms with Crippen LogP contribution in [0.1, 0.15) is 27.2 Å². The number of carbonyl (C=O) groups is 1. The first-order chi connectivity index (χ1) is 11.1. The first kappa shape index (κ1) is 20.0. The monoisotopic (exact) mass is 354 g/mol. The zero-order valence-corrected chi connectivity index (χ0v) is 14.7. The number of carbonyl (C=O) groups excluding carboxylic acids is 1. The molecule has 0 aliphatic carbocycles. The second kappa shape index (κ2) is 9.97. The number of halogens is 1. The van der Waals surface area contributed by atoms with Crippen LogP contribution in [-0.2, 0) is 17.8 Å². The highest BCUT2D eigenvalue weighted by Crippen LogP contribution is 2.20. The van der Waals surface area contributed by atoms with E-state index >= 15 is 0 Å². The summed E-state index contributed by atoms with van der Waals surface area (Å²) in [6.45, 7) is 3.60. The highest BCUT2D eigenvalue weighted by molar-refractivity contribution is 5.93. The summed E-state index contributed by atoms with van der Waals surface area (Å²) in [5.74, 6) is 1.11. The Balaban J connectivity index is 0.00000288. The van der Waals surface area contributed by atoms with Crippen molar-refractivity contribution in [3.8, 4) is 5.75 Å². The minimum atomic E-state index is -0.211. The van der Waals surface area contributed by atoms with Crippen LogP contribution in [0.5, 0.6) is 5.75 Å². The minimum absolute atomic E-state index is 0. The number of furan rings is 1. The maximum Gasteiger partial charge on any atom is 0.254 e. The molecule has 0 atom stereocenters. The van der Waals surface area contributed by atoms with Gasteiger partial charge in [0, 0.05) is 19.2 Å². The second-order valence-electron chi connectivity index (χ2n) is 5.14. The van der Waals surface area contributed by atoms with E-state index in [0.29, 0.717) is 31.1 Å². The SMILES string of the molecule is COCCOc1cc(C)ccc1CNC(=O)c1coc(CN)c1.Cl. The molecule has 1 amide bonds. The molecule has 0 unspecified atom stereocenters. The third kappa shape index (κ3) is 5.56.